The highest BCUT2D eigenvalue weighted by molar-refractivity contribution is 6.02. The maximum Gasteiger partial charge on any atom is 0.186 e. The van der Waals surface area contributed by atoms with E-state index in [4.69, 9.17) is 14.6 Å². The van der Waals surface area contributed by atoms with E-state index in [1.165, 1.54) is 51.5 Å². The fourth-order valence-corrected chi connectivity index (χ4v) is 5.09. The molecule has 0 saturated carbocycles. The molecule has 0 atom stereocenters. The maximum absolute atomic E-state index is 11.3. The number of hydrogen-bond acceptors (Lipinski definition) is 20. The number of allylic oxidation sites excluding steroid dienone is 1. The van der Waals surface area contributed by atoms with Crippen LogP contribution >= 0.6 is 0 Å². The molecule has 20 nitrogen and oxygen atoms in total. The number of carbonyl (C=O) groups excluding carboxylic acids is 11. The summed E-state index contributed by atoms with van der Waals surface area (Å²) in [5.74, 6) is 2.45. The average Bonchev–Trinajstić information content (AvgIpc) is 1.51. The summed E-state index contributed by atoms with van der Waals surface area (Å²) < 4.78 is 5.40. The molecule has 1 aliphatic rings. The van der Waals surface area contributed by atoms with E-state index in [-0.39, 0.29) is 117 Å². The van der Waals surface area contributed by atoms with Crippen LogP contribution in [0.3, 0.4) is 0 Å². The van der Waals surface area contributed by atoms with Gasteiger partial charge in [0.15, 0.2) is 29.4 Å². The number of benzene rings is 2. The number of fused-ring (bicyclic) bond motifs is 2. The Morgan fingerprint density at radius 2 is 0.947 bits per heavy atom. The van der Waals surface area contributed by atoms with Crippen molar-refractivity contribution < 1.29 is 67.4 Å². The molecule has 2 N–H and O–H groups in total. The van der Waals surface area contributed by atoms with E-state index in [2.05, 4.69) is 36.7 Å². The first-order chi connectivity index (χ1) is 43.9. The fraction of sp³-hybridized carbons (Fsp3) is 0.365. The topological polar surface area (TPSA) is 318 Å². The molecule has 6 heterocycles. The Hall–Kier alpha value is -10.1. The summed E-state index contributed by atoms with van der Waals surface area (Å²) >= 11 is 0. The Morgan fingerprint density at radius 1 is 0.479 bits per heavy atom. The van der Waals surface area contributed by atoms with Crippen LogP contribution in [-0.2, 0) is 33.6 Å². The van der Waals surface area contributed by atoms with Crippen molar-refractivity contribution in [1.29, 1.82) is 0 Å². The molecular formula is C74H96N6O14. The van der Waals surface area contributed by atoms with Gasteiger partial charge in [-0.3, -0.25) is 67.7 Å². The molecule has 1 aliphatic heterocycles. The quantitative estimate of drug-likeness (QED) is 0.0800. The molecule has 0 spiro atoms. The van der Waals surface area contributed by atoms with Gasteiger partial charge in [-0.25, -0.2) is 4.98 Å². The van der Waals surface area contributed by atoms with Crippen molar-refractivity contribution in [1.82, 2.24) is 19.9 Å². The molecule has 0 bridgehead atoms. The van der Waals surface area contributed by atoms with Crippen molar-refractivity contribution in [2.75, 3.05) is 6.54 Å². The number of aromatic hydroxyl groups is 2. The molecule has 0 unspecified atom stereocenters. The van der Waals surface area contributed by atoms with Gasteiger partial charge in [0.1, 0.15) is 80.8 Å². The van der Waals surface area contributed by atoms with Gasteiger partial charge in [-0.05, 0) is 102 Å². The maximum atomic E-state index is 11.3. The SMILES string of the molecule is C=Cc1cc2ccccc2o1.CC(=O)C(C)C.CC(=O)C(C)C.CC(=O)C(C)C.CC(=O)C(C)C.CC(=O)C(C)C.CC(=O)c1ccccn1.CC(=O)c1ccncc1O.CC(=O)c1ncccc1O.CC(C)C(=O)C1=C(C=O)CN=N1.O=Cc1cc2ccccc2cn1. The second-order valence-electron chi connectivity index (χ2n) is 22.3. The van der Waals surface area contributed by atoms with Crippen molar-refractivity contribution >= 4 is 92.4 Å². The largest absolute Gasteiger partial charge is 0.506 e. The van der Waals surface area contributed by atoms with Gasteiger partial charge in [-0.2, -0.15) is 10.2 Å². The van der Waals surface area contributed by atoms with Gasteiger partial charge in [0.25, 0.3) is 0 Å². The Bertz CT molecular complexity index is 3400. The summed E-state index contributed by atoms with van der Waals surface area (Å²) in [5, 5.41) is 28.5. The molecular weight excluding hydrogens is 1200 g/mol. The van der Waals surface area contributed by atoms with Crippen LogP contribution in [0, 0.1) is 35.5 Å². The van der Waals surface area contributed by atoms with Gasteiger partial charge in [0.05, 0.1) is 18.3 Å². The molecule has 0 amide bonds. The van der Waals surface area contributed by atoms with Crippen LogP contribution < -0.4 is 0 Å². The molecule has 5 aromatic heterocycles. The van der Waals surface area contributed by atoms with E-state index < -0.39 is 0 Å². The number of pyridine rings is 4. The second-order valence-corrected chi connectivity index (χ2v) is 22.3. The van der Waals surface area contributed by atoms with E-state index in [1.54, 1.807) is 97.3 Å². The van der Waals surface area contributed by atoms with Crippen LogP contribution in [0.5, 0.6) is 11.5 Å². The molecule has 7 aromatic rings. The number of carbonyl (C=O) groups is 11. The minimum Gasteiger partial charge on any atom is -0.506 e. The van der Waals surface area contributed by atoms with Crippen LogP contribution in [0.1, 0.15) is 186 Å². The summed E-state index contributed by atoms with van der Waals surface area (Å²) in [7, 11) is 0. The van der Waals surface area contributed by atoms with E-state index in [9.17, 15) is 52.7 Å². The standard InChI is InChI=1S/C10H7NO.C10H8O.C8H10N2O2.2C7H7NO2.C7H7NO.5C5H10O/c12-7-10-5-8-3-1-2-4-9(8)6-11-10;1-2-9-7-8-5-3-4-6-10(8)11-9;1-5(2)8(12)7-6(4-11)3-9-10-7;1-5(9)6-2-3-8-4-7(6)10;1-5(9)7-6(10)3-2-4-8-7;1-6(9)7-4-2-3-5-8-7;5*1-4(2)5(3)6/h1-7H;2-7H,1H2;4-5H,3H2,1-2H3;2*2-4,10H,1H3;2-5H,1H3;5*4H,1-3H3. The summed E-state index contributed by atoms with van der Waals surface area (Å²) in [4.78, 5) is 130. The molecule has 8 rings (SSSR count). The number of azo groups is 1. The Labute approximate surface area is 554 Å². The zero-order chi connectivity index (χ0) is 72.8. The minimum atomic E-state index is -0.224. The molecule has 0 saturated heterocycles. The highest BCUT2D eigenvalue weighted by Gasteiger charge is 2.21. The van der Waals surface area contributed by atoms with Crippen molar-refractivity contribution in [3.8, 4) is 11.5 Å². The van der Waals surface area contributed by atoms with Crippen LogP contribution in [0.4, 0.5) is 0 Å². The molecule has 506 valence electrons. The van der Waals surface area contributed by atoms with Crippen molar-refractivity contribution in [3.63, 3.8) is 0 Å². The first-order valence-electron chi connectivity index (χ1n) is 30.2. The summed E-state index contributed by atoms with van der Waals surface area (Å²) in [5.41, 5.74) is 3.00. The first-order valence-corrected chi connectivity index (χ1v) is 30.2. The molecule has 0 fully saturated rings. The summed E-state index contributed by atoms with van der Waals surface area (Å²) in [6, 6.07) is 29.3. The lowest BCUT2D eigenvalue weighted by Gasteiger charge is -2.00. The number of para-hydroxylation sites is 1. The lowest BCUT2D eigenvalue weighted by Crippen LogP contribution is -2.10. The zero-order valence-corrected chi connectivity index (χ0v) is 58.2. The monoisotopic (exact) mass is 1290 g/mol. The van der Waals surface area contributed by atoms with E-state index in [0.29, 0.717) is 28.8 Å². The van der Waals surface area contributed by atoms with Gasteiger partial charge < -0.3 is 14.6 Å². The summed E-state index contributed by atoms with van der Waals surface area (Å²) in [6.45, 7) is 38.6. The number of rotatable bonds is 13. The molecule has 20 heteroatoms. The third kappa shape index (κ3) is 40.6. The minimum absolute atomic E-state index is 0.00981. The molecule has 94 heavy (non-hydrogen) atoms. The number of hydrogen-bond donors (Lipinski definition) is 2. The van der Waals surface area contributed by atoms with E-state index in [0.717, 1.165) is 33.8 Å². The highest BCUT2D eigenvalue weighted by atomic mass is 16.3. The molecule has 0 aliphatic carbocycles. The fourth-order valence-electron chi connectivity index (χ4n) is 5.09. The first kappa shape index (κ1) is 88.1. The van der Waals surface area contributed by atoms with Crippen LogP contribution in [0.2, 0.25) is 0 Å². The number of ketones is 9. The predicted molar refractivity (Wildman–Crippen MR) is 370 cm³/mol. The molecule has 0 radical (unpaired) electrons. The van der Waals surface area contributed by atoms with Crippen LogP contribution in [0.15, 0.2) is 161 Å². The van der Waals surface area contributed by atoms with Gasteiger partial charge in [-0.15, -0.1) is 0 Å². The number of nitrogens with zero attached hydrogens (tertiary/aromatic N) is 6. The second kappa shape index (κ2) is 49.6. The lowest BCUT2D eigenvalue weighted by atomic mass is 10.0. The lowest BCUT2D eigenvalue weighted by molar-refractivity contribution is -0.120. The van der Waals surface area contributed by atoms with Gasteiger partial charge in [0, 0.05) is 90.5 Å². The number of Topliss-reactive ketones (excluding diaryl/α,β-unsaturated/α-hetero) is 9. The Kier molecular flexibility index (Phi) is 46.5. The van der Waals surface area contributed by atoms with E-state index in [1.807, 2.05) is 124 Å². The van der Waals surface area contributed by atoms with E-state index >= 15 is 0 Å². The number of aldehydes is 2. The Morgan fingerprint density at radius 3 is 1.30 bits per heavy atom. The third-order valence-electron chi connectivity index (χ3n) is 12.4. The van der Waals surface area contributed by atoms with Crippen molar-refractivity contribution in [3.05, 3.63) is 174 Å². The van der Waals surface area contributed by atoms with Crippen molar-refractivity contribution in [2.45, 2.75) is 138 Å². The van der Waals surface area contributed by atoms with Gasteiger partial charge in [-0.1, -0.05) is 138 Å². The third-order valence-corrected chi connectivity index (χ3v) is 12.4. The average molecular weight is 1290 g/mol. The Balaban J connectivity index is -0.000000981. The predicted octanol–water partition coefficient (Wildman–Crippen LogP) is 15.7. The number of aromatic nitrogens is 4. The van der Waals surface area contributed by atoms with Crippen LogP contribution in [-0.4, -0.2) is 101 Å². The molecule has 2 aromatic carbocycles. The zero-order valence-electron chi connectivity index (χ0n) is 58.2. The van der Waals surface area contributed by atoms with Gasteiger partial charge >= 0.3 is 0 Å². The normalized spacial score (nSPS) is 10.3. The van der Waals surface area contributed by atoms with Gasteiger partial charge in [0.2, 0.25) is 0 Å². The smallest absolute Gasteiger partial charge is 0.186 e. The van der Waals surface area contributed by atoms with Crippen LogP contribution in [0.25, 0.3) is 27.8 Å². The highest BCUT2D eigenvalue weighted by Crippen LogP contribution is 2.20. The number of furan rings is 1. The van der Waals surface area contributed by atoms with Crippen molar-refractivity contribution in [2.24, 2.45) is 45.7 Å². The summed E-state index contributed by atoms with van der Waals surface area (Å²) in [6.07, 6.45) is 10.6.